The summed E-state index contributed by atoms with van der Waals surface area (Å²) in [6, 6.07) is 41.4. The van der Waals surface area contributed by atoms with E-state index in [1.54, 1.807) is 12.1 Å². The number of carbonyl (C=O) groups excluding carboxylic acids is 4. The van der Waals surface area contributed by atoms with Crippen LogP contribution in [0, 0.1) is 0 Å². The first-order valence-corrected chi connectivity index (χ1v) is 18.7. The Morgan fingerprint density at radius 1 is 0.600 bits per heavy atom. The standard InChI is InChI=1S/C45H42N4O6/c50-41-22-21-40(43(51)46-41)49-44(52)38-20-11-33(27-39(38)45(49)53)28-47-23-25-48(26-24-47)42(34-12-16-36(17-13-34)54-29-31-7-3-1-4-8-31)35-14-18-37(19-15-35)55-30-32-9-5-2-6-10-32/h1-20,27,40,42H,21-26,28-30H2,(H,46,50,51). The zero-order valence-corrected chi connectivity index (χ0v) is 30.4. The summed E-state index contributed by atoms with van der Waals surface area (Å²) in [4.78, 5) is 56.6. The molecule has 0 aliphatic carbocycles. The van der Waals surface area contributed by atoms with Gasteiger partial charge in [-0.25, -0.2) is 0 Å². The lowest BCUT2D eigenvalue weighted by atomic mass is 9.96. The maximum atomic E-state index is 13.4. The Morgan fingerprint density at radius 3 is 1.69 bits per heavy atom. The van der Waals surface area contributed by atoms with Gasteiger partial charge in [-0.05, 0) is 70.6 Å². The second-order valence-electron chi connectivity index (χ2n) is 14.2. The number of fused-ring (bicyclic) bond motifs is 1. The number of nitrogens with one attached hydrogen (secondary N) is 1. The molecule has 1 unspecified atom stereocenters. The van der Waals surface area contributed by atoms with E-state index < -0.39 is 29.7 Å². The molecule has 278 valence electrons. The number of hydrogen-bond donors (Lipinski definition) is 1. The Kier molecular flexibility index (Phi) is 10.5. The number of carbonyl (C=O) groups is 4. The summed E-state index contributed by atoms with van der Waals surface area (Å²) in [5.74, 6) is -0.354. The maximum absolute atomic E-state index is 13.4. The van der Waals surface area contributed by atoms with Crippen LogP contribution >= 0.6 is 0 Å². The topological polar surface area (TPSA) is 108 Å². The molecule has 10 nitrogen and oxygen atoms in total. The molecule has 2 fully saturated rings. The highest BCUT2D eigenvalue weighted by molar-refractivity contribution is 6.23. The maximum Gasteiger partial charge on any atom is 0.262 e. The van der Waals surface area contributed by atoms with Gasteiger partial charge in [0, 0.05) is 39.1 Å². The summed E-state index contributed by atoms with van der Waals surface area (Å²) in [6.45, 7) is 4.86. The van der Waals surface area contributed by atoms with Gasteiger partial charge in [0.15, 0.2) is 0 Å². The summed E-state index contributed by atoms with van der Waals surface area (Å²) in [5, 5.41) is 2.25. The molecule has 3 heterocycles. The molecule has 1 N–H and O–H groups in total. The van der Waals surface area contributed by atoms with E-state index in [1.165, 1.54) is 11.1 Å². The number of piperidine rings is 1. The third-order valence-corrected chi connectivity index (χ3v) is 10.6. The molecule has 3 aliphatic heterocycles. The highest BCUT2D eigenvalue weighted by Gasteiger charge is 2.44. The molecule has 3 aliphatic rings. The third-order valence-electron chi connectivity index (χ3n) is 10.6. The fourth-order valence-corrected chi connectivity index (χ4v) is 7.64. The van der Waals surface area contributed by atoms with Crippen LogP contribution < -0.4 is 14.8 Å². The SMILES string of the molecule is O=C1CCC(N2C(=O)c3ccc(CN4CCN(C(c5ccc(OCc6ccccc6)cc5)c5ccc(OCc6ccccc6)cc5)CC4)cc3C2=O)C(=O)N1. The molecule has 5 aromatic rings. The lowest BCUT2D eigenvalue weighted by molar-refractivity contribution is -0.136. The number of benzene rings is 5. The lowest BCUT2D eigenvalue weighted by Gasteiger charge is -2.40. The van der Waals surface area contributed by atoms with Gasteiger partial charge in [0.1, 0.15) is 30.8 Å². The van der Waals surface area contributed by atoms with Gasteiger partial charge in [-0.1, -0.05) is 91.0 Å². The summed E-state index contributed by atoms with van der Waals surface area (Å²) >= 11 is 0. The van der Waals surface area contributed by atoms with Crippen LogP contribution in [-0.2, 0) is 29.3 Å². The van der Waals surface area contributed by atoms with Crippen LogP contribution in [0.4, 0.5) is 0 Å². The first-order valence-electron chi connectivity index (χ1n) is 18.7. The van der Waals surface area contributed by atoms with E-state index in [0.717, 1.165) is 59.3 Å². The molecule has 5 aromatic carbocycles. The minimum atomic E-state index is -0.981. The molecule has 0 saturated carbocycles. The predicted molar refractivity (Wildman–Crippen MR) is 206 cm³/mol. The van der Waals surface area contributed by atoms with E-state index in [1.807, 2.05) is 66.7 Å². The highest BCUT2D eigenvalue weighted by Crippen LogP contribution is 2.33. The Labute approximate surface area is 320 Å². The highest BCUT2D eigenvalue weighted by atomic mass is 16.5. The molecule has 55 heavy (non-hydrogen) atoms. The van der Waals surface area contributed by atoms with Crippen molar-refractivity contribution in [2.45, 2.75) is 44.7 Å². The van der Waals surface area contributed by atoms with Crippen LogP contribution in [0.2, 0.25) is 0 Å². The molecule has 10 heteroatoms. The molecule has 0 bridgehead atoms. The molecule has 0 aromatic heterocycles. The quantitative estimate of drug-likeness (QED) is 0.152. The summed E-state index contributed by atoms with van der Waals surface area (Å²) in [6.07, 6.45) is 0.220. The van der Waals surface area contributed by atoms with Crippen molar-refractivity contribution in [2.75, 3.05) is 26.2 Å². The van der Waals surface area contributed by atoms with Crippen LogP contribution in [0.3, 0.4) is 0 Å². The van der Waals surface area contributed by atoms with Crippen LogP contribution in [-0.4, -0.2) is 70.5 Å². The number of hydrogen-bond acceptors (Lipinski definition) is 8. The van der Waals surface area contributed by atoms with Crippen molar-refractivity contribution in [1.29, 1.82) is 0 Å². The van der Waals surface area contributed by atoms with Crippen molar-refractivity contribution in [3.05, 3.63) is 166 Å². The number of rotatable bonds is 12. The van der Waals surface area contributed by atoms with Crippen LogP contribution in [0.25, 0.3) is 0 Å². The Hall–Kier alpha value is -6.10. The third kappa shape index (κ3) is 8.06. The normalized spacial score (nSPS) is 17.7. The van der Waals surface area contributed by atoms with Gasteiger partial charge >= 0.3 is 0 Å². The number of piperazine rings is 1. The van der Waals surface area contributed by atoms with Gasteiger partial charge in [-0.2, -0.15) is 0 Å². The fraction of sp³-hybridized carbons (Fsp3) is 0.244. The lowest BCUT2D eigenvalue weighted by Crippen LogP contribution is -2.54. The van der Waals surface area contributed by atoms with Gasteiger partial charge in [0.2, 0.25) is 11.8 Å². The van der Waals surface area contributed by atoms with Gasteiger partial charge in [-0.3, -0.25) is 39.2 Å². The largest absolute Gasteiger partial charge is 0.489 e. The average molecular weight is 735 g/mol. The van der Waals surface area contributed by atoms with E-state index in [4.69, 9.17) is 9.47 Å². The molecule has 4 amide bonds. The minimum absolute atomic E-state index is 0.00962. The Bertz CT molecular complexity index is 2080. The molecule has 1 atom stereocenters. The minimum Gasteiger partial charge on any atom is -0.489 e. The van der Waals surface area contributed by atoms with Crippen molar-refractivity contribution in [1.82, 2.24) is 20.0 Å². The zero-order valence-electron chi connectivity index (χ0n) is 30.4. The number of ether oxygens (including phenoxy) is 2. The predicted octanol–water partition coefficient (Wildman–Crippen LogP) is 6.15. The van der Waals surface area contributed by atoms with Crippen LogP contribution in [0.15, 0.2) is 127 Å². The molecule has 2 saturated heterocycles. The second kappa shape index (κ2) is 16.1. The Morgan fingerprint density at radius 2 is 1.15 bits per heavy atom. The first-order chi connectivity index (χ1) is 26.9. The fourth-order valence-electron chi connectivity index (χ4n) is 7.64. The van der Waals surface area contributed by atoms with E-state index in [-0.39, 0.29) is 18.9 Å². The first kappa shape index (κ1) is 35.9. The number of amides is 4. The summed E-state index contributed by atoms with van der Waals surface area (Å²) in [5.41, 5.74) is 6.09. The van der Waals surface area contributed by atoms with E-state index in [0.29, 0.717) is 30.9 Å². The molecule has 0 radical (unpaired) electrons. The number of nitrogens with zero attached hydrogens (tertiary/aromatic N) is 3. The molecule has 0 spiro atoms. The van der Waals surface area contributed by atoms with Crippen molar-refractivity contribution in [2.24, 2.45) is 0 Å². The second-order valence-corrected chi connectivity index (χ2v) is 14.2. The summed E-state index contributed by atoms with van der Waals surface area (Å²) in [7, 11) is 0. The monoisotopic (exact) mass is 734 g/mol. The van der Waals surface area contributed by atoms with Crippen molar-refractivity contribution in [3.8, 4) is 11.5 Å². The molecular formula is C45H42N4O6. The van der Waals surface area contributed by atoms with Crippen molar-refractivity contribution in [3.63, 3.8) is 0 Å². The van der Waals surface area contributed by atoms with Gasteiger partial charge in [0.25, 0.3) is 11.8 Å². The molecule has 8 rings (SSSR count). The van der Waals surface area contributed by atoms with E-state index in [2.05, 4.69) is 63.6 Å². The zero-order chi connectivity index (χ0) is 37.7. The van der Waals surface area contributed by atoms with Gasteiger partial charge in [0.05, 0.1) is 17.2 Å². The van der Waals surface area contributed by atoms with E-state index in [9.17, 15) is 19.2 Å². The average Bonchev–Trinajstić information content (AvgIpc) is 3.46. The van der Waals surface area contributed by atoms with E-state index >= 15 is 0 Å². The smallest absolute Gasteiger partial charge is 0.262 e. The van der Waals surface area contributed by atoms with Crippen molar-refractivity contribution < 1.29 is 28.7 Å². The Balaban J connectivity index is 0.948. The van der Waals surface area contributed by atoms with Gasteiger partial charge < -0.3 is 9.47 Å². The van der Waals surface area contributed by atoms with Crippen LogP contribution in [0.5, 0.6) is 11.5 Å². The molecular weight excluding hydrogens is 693 g/mol. The van der Waals surface area contributed by atoms with Crippen molar-refractivity contribution >= 4 is 23.6 Å². The summed E-state index contributed by atoms with van der Waals surface area (Å²) < 4.78 is 12.2. The van der Waals surface area contributed by atoms with Crippen LogP contribution in [0.1, 0.15) is 67.4 Å². The number of imide groups is 2. The van der Waals surface area contributed by atoms with Gasteiger partial charge in [-0.15, -0.1) is 0 Å².